The van der Waals surface area contributed by atoms with Gasteiger partial charge >= 0.3 is 0 Å². The molecule has 0 spiro atoms. The molecule has 1 aliphatic heterocycles. The van der Waals surface area contributed by atoms with Crippen molar-refractivity contribution in [3.05, 3.63) is 65.7 Å². The molecule has 0 saturated carbocycles. The van der Waals surface area contributed by atoms with Crippen LogP contribution in [0.3, 0.4) is 0 Å². The second kappa shape index (κ2) is 8.57. The Labute approximate surface area is 162 Å². The fourth-order valence-electron chi connectivity index (χ4n) is 3.69. The molecule has 1 heterocycles. The van der Waals surface area contributed by atoms with Gasteiger partial charge in [0.2, 0.25) is 5.91 Å². The Morgan fingerprint density at radius 1 is 0.963 bits per heavy atom. The molecule has 144 valence electrons. The first-order chi connectivity index (χ1) is 13.0. The molecule has 0 bridgehead atoms. The van der Waals surface area contributed by atoms with Crippen molar-refractivity contribution in [1.82, 2.24) is 9.80 Å². The van der Waals surface area contributed by atoms with Crippen LogP contribution in [-0.2, 0) is 16.8 Å². The maximum absolute atomic E-state index is 13.2. The normalized spacial score (nSPS) is 16.0. The highest BCUT2D eigenvalue weighted by Gasteiger charge is 2.34. The van der Waals surface area contributed by atoms with Crippen molar-refractivity contribution in [2.45, 2.75) is 32.2 Å². The van der Waals surface area contributed by atoms with Gasteiger partial charge in [-0.1, -0.05) is 42.5 Å². The van der Waals surface area contributed by atoms with Crippen LogP contribution in [0.2, 0.25) is 0 Å². The summed E-state index contributed by atoms with van der Waals surface area (Å²) in [7, 11) is 1.69. The zero-order valence-corrected chi connectivity index (χ0v) is 16.6. The van der Waals surface area contributed by atoms with E-state index in [0.717, 1.165) is 50.5 Å². The molecule has 4 nitrogen and oxygen atoms in total. The molecule has 0 aromatic heterocycles. The quantitative estimate of drug-likeness (QED) is 0.809. The minimum absolute atomic E-state index is 0.222. The van der Waals surface area contributed by atoms with Gasteiger partial charge < -0.3 is 9.64 Å². The van der Waals surface area contributed by atoms with E-state index >= 15 is 0 Å². The van der Waals surface area contributed by atoms with Gasteiger partial charge in [0.25, 0.3) is 0 Å². The first kappa shape index (κ1) is 19.4. The largest absolute Gasteiger partial charge is 0.497 e. The number of ether oxygens (including phenoxy) is 1. The first-order valence-corrected chi connectivity index (χ1v) is 9.71. The molecule has 0 unspecified atom stereocenters. The van der Waals surface area contributed by atoms with Crippen LogP contribution in [-0.4, -0.2) is 49.0 Å². The van der Waals surface area contributed by atoms with Gasteiger partial charge in [-0.3, -0.25) is 9.69 Å². The average Bonchev–Trinajstić information content (AvgIpc) is 2.94. The highest BCUT2D eigenvalue weighted by Crippen LogP contribution is 2.26. The van der Waals surface area contributed by atoms with Gasteiger partial charge in [0.15, 0.2) is 0 Å². The van der Waals surface area contributed by atoms with Gasteiger partial charge in [-0.25, -0.2) is 0 Å². The lowest BCUT2D eigenvalue weighted by Crippen LogP contribution is -2.45. The monoisotopic (exact) mass is 366 g/mol. The van der Waals surface area contributed by atoms with Gasteiger partial charge in [-0.05, 0) is 43.5 Å². The van der Waals surface area contributed by atoms with Crippen molar-refractivity contribution < 1.29 is 9.53 Å². The van der Waals surface area contributed by atoms with Gasteiger partial charge in [0, 0.05) is 32.7 Å². The van der Waals surface area contributed by atoms with E-state index in [-0.39, 0.29) is 5.91 Å². The van der Waals surface area contributed by atoms with E-state index in [1.54, 1.807) is 7.11 Å². The van der Waals surface area contributed by atoms with E-state index in [9.17, 15) is 4.79 Å². The number of hydrogen-bond donors (Lipinski definition) is 0. The van der Waals surface area contributed by atoms with Crippen molar-refractivity contribution in [1.29, 1.82) is 0 Å². The fourth-order valence-corrected chi connectivity index (χ4v) is 3.69. The highest BCUT2D eigenvalue weighted by atomic mass is 16.5. The van der Waals surface area contributed by atoms with Crippen molar-refractivity contribution in [3.63, 3.8) is 0 Å². The molecule has 0 atom stereocenters. The molecule has 27 heavy (non-hydrogen) atoms. The van der Waals surface area contributed by atoms with Crippen LogP contribution in [0.4, 0.5) is 0 Å². The lowest BCUT2D eigenvalue weighted by molar-refractivity contribution is -0.136. The van der Waals surface area contributed by atoms with Crippen LogP contribution < -0.4 is 4.74 Å². The average molecular weight is 367 g/mol. The van der Waals surface area contributed by atoms with Crippen LogP contribution in [0.25, 0.3) is 0 Å². The molecule has 3 rings (SSSR count). The maximum Gasteiger partial charge on any atom is 0.232 e. The predicted octanol–water partition coefficient (Wildman–Crippen LogP) is 3.71. The minimum atomic E-state index is -0.494. The van der Waals surface area contributed by atoms with Crippen molar-refractivity contribution >= 4 is 5.91 Å². The number of nitrogens with zero attached hydrogens (tertiary/aromatic N) is 2. The van der Waals surface area contributed by atoms with Crippen molar-refractivity contribution in [3.8, 4) is 5.75 Å². The summed E-state index contributed by atoms with van der Waals surface area (Å²) in [5.41, 5.74) is 1.86. The topological polar surface area (TPSA) is 32.8 Å². The molecule has 0 N–H and O–H groups in total. The van der Waals surface area contributed by atoms with E-state index < -0.39 is 5.41 Å². The summed E-state index contributed by atoms with van der Waals surface area (Å²) < 4.78 is 5.23. The third-order valence-electron chi connectivity index (χ3n) is 5.47. The molecule has 4 heteroatoms. The summed E-state index contributed by atoms with van der Waals surface area (Å²) in [4.78, 5) is 17.7. The lowest BCUT2D eigenvalue weighted by atomic mass is 9.83. The molecule has 2 aromatic rings. The van der Waals surface area contributed by atoms with Gasteiger partial charge in [-0.15, -0.1) is 0 Å². The minimum Gasteiger partial charge on any atom is -0.497 e. The second-order valence-electron chi connectivity index (χ2n) is 7.76. The van der Waals surface area contributed by atoms with Gasteiger partial charge in [0.1, 0.15) is 5.75 Å². The molecule has 0 radical (unpaired) electrons. The Balaban J connectivity index is 1.61. The Kier molecular flexibility index (Phi) is 6.17. The Morgan fingerprint density at radius 3 is 2.33 bits per heavy atom. The Bertz CT molecular complexity index is 741. The SMILES string of the molecule is COc1ccc(CN2CCCN(C(=O)C(C)(C)c3ccccc3)CC2)cc1. The number of benzene rings is 2. The molecule has 0 aliphatic carbocycles. The third-order valence-corrected chi connectivity index (χ3v) is 5.47. The van der Waals surface area contributed by atoms with Crippen molar-refractivity contribution in [2.24, 2.45) is 0 Å². The fraction of sp³-hybridized carbons (Fsp3) is 0.435. The first-order valence-electron chi connectivity index (χ1n) is 9.71. The van der Waals surface area contributed by atoms with E-state index in [4.69, 9.17) is 4.74 Å². The van der Waals surface area contributed by atoms with Crippen LogP contribution in [0.5, 0.6) is 5.75 Å². The van der Waals surface area contributed by atoms with Gasteiger partial charge in [0.05, 0.1) is 12.5 Å². The van der Waals surface area contributed by atoms with Gasteiger partial charge in [-0.2, -0.15) is 0 Å². The van der Waals surface area contributed by atoms with Crippen LogP contribution >= 0.6 is 0 Å². The number of rotatable bonds is 5. The molecule has 1 saturated heterocycles. The van der Waals surface area contributed by atoms with E-state index in [1.165, 1.54) is 5.56 Å². The maximum atomic E-state index is 13.2. The highest BCUT2D eigenvalue weighted by molar-refractivity contribution is 5.87. The van der Waals surface area contributed by atoms with Crippen molar-refractivity contribution in [2.75, 3.05) is 33.3 Å². The summed E-state index contributed by atoms with van der Waals surface area (Å²) in [5, 5.41) is 0. The molecule has 2 aromatic carbocycles. The number of hydrogen-bond acceptors (Lipinski definition) is 3. The third kappa shape index (κ3) is 4.69. The second-order valence-corrected chi connectivity index (χ2v) is 7.76. The Morgan fingerprint density at radius 2 is 1.67 bits per heavy atom. The Hall–Kier alpha value is -2.33. The molecule has 1 aliphatic rings. The number of methoxy groups -OCH3 is 1. The van der Waals surface area contributed by atoms with E-state index in [1.807, 2.05) is 61.2 Å². The molecular weight excluding hydrogens is 336 g/mol. The number of amides is 1. The summed E-state index contributed by atoms with van der Waals surface area (Å²) in [6, 6.07) is 18.3. The molecule has 1 fully saturated rings. The van der Waals surface area contributed by atoms with Crippen LogP contribution in [0.15, 0.2) is 54.6 Å². The number of carbonyl (C=O) groups excluding carboxylic acids is 1. The van der Waals surface area contributed by atoms with Crippen LogP contribution in [0, 0.1) is 0 Å². The summed E-state index contributed by atoms with van der Waals surface area (Å²) in [5.74, 6) is 1.11. The predicted molar refractivity (Wildman–Crippen MR) is 109 cm³/mol. The van der Waals surface area contributed by atoms with E-state index in [0.29, 0.717) is 0 Å². The zero-order valence-electron chi connectivity index (χ0n) is 16.6. The lowest BCUT2D eigenvalue weighted by Gasteiger charge is -2.31. The standard InChI is InChI=1S/C23H30N2O2/c1-23(2,20-8-5-4-6-9-20)22(26)25-15-7-14-24(16-17-25)18-19-10-12-21(27-3)13-11-19/h4-6,8-13H,7,14-18H2,1-3H3. The van der Waals surface area contributed by atoms with E-state index in [2.05, 4.69) is 17.0 Å². The summed E-state index contributed by atoms with van der Waals surface area (Å²) in [6.07, 6.45) is 1.01. The molecular formula is C23H30N2O2. The number of carbonyl (C=O) groups is 1. The summed E-state index contributed by atoms with van der Waals surface area (Å²) in [6.45, 7) is 8.51. The molecule has 1 amide bonds. The van der Waals surface area contributed by atoms with Crippen LogP contribution in [0.1, 0.15) is 31.4 Å². The summed E-state index contributed by atoms with van der Waals surface area (Å²) >= 11 is 0. The zero-order chi connectivity index (χ0) is 19.3. The smallest absolute Gasteiger partial charge is 0.232 e.